The van der Waals surface area contributed by atoms with E-state index in [0.29, 0.717) is 5.56 Å². The second-order valence-corrected chi connectivity index (χ2v) is 7.80. The minimum absolute atomic E-state index is 0.0249. The summed E-state index contributed by atoms with van der Waals surface area (Å²) in [6.45, 7) is -0.857. The Morgan fingerprint density at radius 1 is 0.886 bits per heavy atom. The van der Waals surface area contributed by atoms with E-state index < -0.39 is 73.1 Å². The van der Waals surface area contributed by atoms with Crippen LogP contribution in [0, 0.1) is 0 Å². The van der Waals surface area contributed by atoms with Crippen molar-refractivity contribution in [1.82, 2.24) is 21.3 Å². The van der Waals surface area contributed by atoms with Gasteiger partial charge in [0.2, 0.25) is 29.5 Å². The summed E-state index contributed by atoms with van der Waals surface area (Å²) in [7, 11) is 0. The summed E-state index contributed by atoms with van der Waals surface area (Å²) in [5, 5.41) is 18.5. The molecule has 9 N–H and O–H groups in total. The molecular formula is C21H30N6O7S. The molecule has 1 aromatic carbocycles. The van der Waals surface area contributed by atoms with Gasteiger partial charge in [-0.2, -0.15) is 12.6 Å². The lowest BCUT2D eigenvalue weighted by atomic mass is 10.0. The zero-order valence-electron chi connectivity index (χ0n) is 18.9. The molecular weight excluding hydrogens is 480 g/mol. The van der Waals surface area contributed by atoms with Crippen LogP contribution in [0.3, 0.4) is 0 Å². The minimum atomic E-state index is -1.26. The Kier molecular flexibility index (Phi) is 12.8. The van der Waals surface area contributed by atoms with Crippen molar-refractivity contribution >= 4 is 48.1 Å². The molecule has 0 bridgehead atoms. The molecule has 14 heteroatoms. The van der Waals surface area contributed by atoms with Crippen molar-refractivity contribution in [3.05, 3.63) is 35.9 Å². The van der Waals surface area contributed by atoms with Crippen LogP contribution in [-0.2, 0) is 35.2 Å². The van der Waals surface area contributed by atoms with Crippen LogP contribution in [-0.4, -0.2) is 77.6 Å². The largest absolute Gasteiger partial charge is 0.481 e. The Bertz CT molecular complexity index is 915. The first-order valence-electron chi connectivity index (χ1n) is 10.6. The summed E-state index contributed by atoms with van der Waals surface area (Å²) in [5.41, 5.74) is 11.0. The van der Waals surface area contributed by atoms with Gasteiger partial charge in [0.05, 0.1) is 13.1 Å². The molecule has 0 saturated heterocycles. The fourth-order valence-corrected chi connectivity index (χ4v) is 3.14. The van der Waals surface area contributed by atoms with E-state index >= 15 is 0 Å². The molecule has 0 aliphatic carbocycles. The van der Waals surface area contributed by atoms with Gasteiger partial charge in [0.15, 0.2) is 0 Å². The Balaban J connectivity index is 3.06. The molecule has 35 heavy (non-hydrogen) atoms. The molecule has 13 nitrogen and oxygen atoms in total. The lowest BCUT2D eigenvalue weighted by Gasteiger charge is -2.25. The number of hydrogen-bond acceptors (Lipinski definition) is 8. The molecule has 0 fully saturated rings. The average molecular weight is 511 g/mol. The molecule has 0 unspecified atom stereocenters. The van der Waals surface area contributed by atoms with Crippen LogP contribution in [0.4, 0.5) is 0 Å². The molecule has 0 radical (unpaired) electrons. The second-order valence-electron chi connectivity index (χ2n) is 7.44. The highest BCUT2D eigenvalue weighted by molar-refractivity contribution is 7.80. The number of nitrogens with two attached hydrogens (primary N) is 2. The first kappa shape index (κ1) is 29.4. The number of hydrogen-bond donors (Lipinski definition) is 8. The molecule has 0 aliphatic rings. The Hall–Kier alpha value is -3.65. The highest BCUT2D eigenvalue weighted by atomic mass is 32.1. The number of rotatable bonds is 15. The van der Waals surface area contributed by atoms with E-state index in [1.165, 1.54) is 0 Å². The smallest absolute Gasteiger partial charge is 0.303 e. The Labute approximate surface area is 207 Å². The maximum atomic E-state index is 13.0. The van der Waals surface area contributed by atoms with Crippen molar-refractivity contribution in [2.75, 3.05) is 18.8 Å². The summed E-state index contributed by atoms with van der Waals surface area (Å²) in [6.07, 6.45) is -0.626. The van der Waals surface area contributed by atoms with Crippen molar-refractivity contribution in [2.24, 2.45) is 11.5 Å². The monoisotopic (exact) mass is 510 g/mol. The van der Waals surface area contributed by atoms with Crippen LogP contribution in [0.2, 0.25) is 0 Å². The Morgan fingerprint density at radius 3 is 2.03 bits per heavy atom. The molecule has 0 spiro atoms. The van der Waals surface area contributed by atoms with Crippen molar-refractivity contribution in [3.63, 3.8) is 0 Å². The number of primary amides is 1. The third-order valence-electron chi connectivity index (χ3n) is 4.65. The zero-order valence-corrected chi connectivity index (χ0v) is 19.8. The predicted octanol–water partition coefficient (Wildman–Crippen LogP) is -2.96. The number of aliphatic carboxylic acids is 1. The van der Waals surface area contributed by atoms with Crippen LogP contribution < -0.4 is 32.7 Å². The maximum absolute atomic E-state index is 13.0. The van der Waals surface area contributed by atoms with E-state index in [4.69, 9.17) is 16.6 Å². The van der Waals surface area contributed by atoms with E-state index in [1.54, 1.807) is 30.3 Å². The molecule has 3 atom stereocenters. The molecule has 1 aromatic rings. The Morgan fingerprint density at radius 2 is 1.49 bits per heavy atom. The number of carboxylic acid groups (broad SMARTS) is 1. The summed E-state index contributed by atoms with van der Waals surface area (Å²) in [4.78, 5) is 71.8. The van der Waals surface area contributed by atoms with E-state index in [2.05, 4.69) is 33.9 Å². The van der Waals surface area contributed by atoms with E-state index in [0.717, 1.165) is 0 Å². The van der Waals surface area contributed by atoms with E-state index in [9.17, 15) is 28.8 Å². The molecule has 0 heterocycles. The lowest BCUT2D eigenvalue weighted by molar-refractivity contribution is -0.138. The highest BCUT2D eigenvalue weighted by Gasteiger charge is 2.29. The number of benzene rings is 1. The van der Waals surface area contributed by atoms with Gasteiger partial charge in [-0.05, 0) is 12.0 Å². The normalized spacial score (nSPS) is 13.0. The first-order chi connectivity index (χ1) is 16.6. The fraction of sp³-hybridized carbons (Fsp3) is 0.429. The minimum Gasteiger partial charge on any atom is -0.481 e. The molecule has 0 saturated carbocycles. The van der Waals surface area contributed by atoms with Gasteiger partial charge in [-0.25, -0.2) is 0 Å². The second kappa shape index (κ2) is 15.3. The van der Waals surface area contributed by atoms with Gasteiger partial charge in [-0.15, -0.1) is 0 Å². The third kappa shape index (κ3) is 11.4. The van der Waals surface area contributed by atoms with Crippen molar-refractivity contribution < 1.29 is 33.9 Å². The number of carbonyl (C=O) groups excluding carboxylic acids is 5. The fourth-order valence-electron chi connectivity index (χ4n) is 2.89. The van der Waals surface area contributed by atoms with Crippen LogP contribution in [0.15, 0.2) is 30.3 Å². The average Bonchev–Trinajstić information content (AvgIpc) is 2.83. The number of nitrogens with one attached hydrogen (secondary N) is 4. The van der Waals surface area contributed by atoms with Crippen LogP contribution in [0.5, 0.6) is 0 Å². The summed E-state index contributed by atoms with van der Waals surface area (Å²) in [5.74, 6) is -4.99. The first-order valence-corrected chi connectivity index (χ1v) is 11.2. The van der Waals surface area contributed by atoms with Gasteiger partial charge in [0.1, 0.15) is 18.1 Å². The predicted molar refractivity (Wildman–Crippen MR) is 128 cm³/mol. The topological polar surface area (TPSA) is 223 Å². The van der Waals surface area contributed by atoms with E-state index in [-0.39, 0.29) is 18.6 Å². The van der Waals surface area contributed by atoms with Gasteiger partial charge < -0.3 is 37.8 Å². The summed E-state index contributed by atoms with van der Waals surface area (Å²) >= 11 is 4.05. The molecule has 0 aromatic heterocycles. The van der Waals surface area contributed by atoms with Crippen molar-refractivity contribution in [2.45, 2.75) is 37.4 Å². The lowest BCUT2D eigenvalue weighted by Crippen LogP contribution is -2.58. The highest BCUT2D eigenvalue weighted by Crippen LogP contribution is 2.06. The van der Waals surface area contributed by atoms with Crippen molar-refractivity contribution in [1.29, 1.82) is 0 Å². The number of carbonyl (C=O) groups is 6. The number of amides is 5. The zero-order chi connectivity index (χ0) is 26.4. The summed E-state index contributed by atoms with van der Waals surface area (Å²) < 4.78 is 0. The van der Waals surface area contributed by atoms with Crippen molar-refractivity contribution in [3.8, 4) is 0 Å². The van der Waals surface area contributed by atoms with Gasteiger partial charge in [-0.1, -0.05) is 30.3 Å². The SMILES string of the molecule is NCC(=O)N[C@@H](CCC(=O)O)C(=O)N[C@@H](Cc1ccccc1)C(=O)N[C@@H](CS)C(=O)NCC(N)=O. The third-order valence-corrected chi connectivity index (χ3v) is 5.02. The van der Waals surface area contributed by atoms with Crippen LogP contribution in [0.25, 0.3) is 0 Å². The maximum Gasteiger partial charge on any atom is 0.303 e. The number of thiol groups is 1. The standard InChI is InChI=1S/C21H30N6O7S/c22-9-17(29)25-13(6-7-18(30)31)20(33)26-14(8-12-4-2-1-3-5-12)21(34)27-15(11-35)19(32)24-10-16(23)28/h1-5,13-15,35H,6-11,22H2,(H2,23,28)(H,24,32)(H,25,29)(H,26,33)(H,27,34)(H,30,31)/t13-,14-,15-/m0/s1. The molecule has 1 rings (SSSR count). The molecule has 192 valence electrons. The van der Waals surface area contributed by atoms with Gasteiger partial charge in [-0.3, -0.25) is 28.8 Å². The number of carboxylic acids is 1. The van der Waals surface area contributed by atoms with Crippen LogP contribution >= 0.6 is 12.6 Å². The summed E-state index contributed by atoms with van der Waals surface area (Å²) in [6, 6.07) is 5.09. The molecule has 0 aliphatic heterocycles. The quantitative estimate of drug-likeness (QED) is 0.114. The van der Waals surface area contributed by atoms with Gasteiger partial charge in [0, 0.05) is 18.6 Å². The van der Waals surface area contributed by atoms with Gasteiger partial charge in [0.25, 0.3) is 0 Å². The molecule has 5 amide bonds. The van der Waals surface area contributed by atoms with E-state index in [1.807, 2.05) is 0 Å². The van der Waals surface area contributed by atoms with Gasteiger partial charge >= 0.3 is 5.97 Å². The van der Waals surface area contributed by atoms with Crippen LogP contribution in [0.1, 0.15) is 18.4 Å².